The van der Waals surface area contributed by atoms with Crippen molar-refractivity contribution in [2.24, 2.45) is 5.41 Å². The molecule has 0 spiro atoms. The molecule has 1 N–H and O–H groups in total. The quantitative estimate of drug-likeness (QED) is 0.204. The smallest absolute Gasteiger partial charge is 0.254 e. The van der Waals surface area contributed by atoms with E-state index < -0.39 is 5.95 Å². The fourth-order valence-electron chi connectivity index (χ4n) is 5.08. The van der Waals surface area contributed by atoms with Gasteiger partial charge in [0, 0.05) is 22.1 Å². The topological polar surface area (TPSA) is 80.2 Å². The van der Waals surface area contributed by atoms with Crippen molar-refractivity contribution in [3.63, 3.8) is 0 Å². The van der Waals surface area contributed by atoms with E-state index in [9.17, 15) is 9.18 Å². The predicted octanol–water partition coefficient (Wildman–Crippen LogP) is 7.25. The summed E-state index contributed by atoms with van der Waals surface area (Å²) in [7, 11) is 0. The zero-order chi connectivity index (χ0) is 29.1. The molecule has 2 aromatic carbocycles. The molecule has 1 aliphatic heterocycles. The summed E-state index contributed by atoms with van der Waals surface area (Å²) in [5.41, 5.74) is 4.84. The number of anilines is 1. The van der Waals surface area contributed by atoms with Gasteiger partial charge in [0.15, 0.2) is 0 Å². The number of halogens is 1. The number of carbonyl (C=O) groups is 1. The Balaban J connectivity index is 1.61. The number of nitrogens with zero attached hydrogens (tertiary/aromatic N) is 4. The van der Waals surface area contributed by atoms with Crippen molar-refractivity contribution in [1.29, 1.82) is 0 Å². The van der Waals surface area contributed by atoms with E-state index in [1.165, 1.54) is 18.0 Å². The second kappa shape index (κ2) is 11.9. The molecule has 0 saturated carbocycles. The number of hydrogen-bond donors (Lipinski definition) is 1. The number of ether oxygens (including phenoxy) is 1. The Bertz CT molecular complexity index is 1550. The van der Waals surface area contributed by atoms with Crippen LogP contribution in [-0.2, 0) is 6.54 Å². The molecule has 41 heavy (non-hydrogen) atoms. The summed E-state index contributed by atoms with van der Waals surface area (Å²) in [5, 5.41) is 0. The first kappa shape index (κ1) is 28.5. The van der Waals surface area contributed by atoms with Gasteiger partial charge in [0.1, 0.15) is 6.61 Å². The summed E-state index contributed by atoms with van der Waals surface area (Å²) in [6.45, 7) is 10.8. The third kappa shape index (κ3) is 7.03. The van der Waals surface area contributed by atoms with Crippen LogP contribution in [0.4, 0.5) is 10.3 Å². The highest BCUT2D eigenvalue weighted by molar-refractivity contribution is 8.00. The molecule has 5 rings (SSSR count). The molecule has 4 aromatic rings. The predicted molar refractivity (Wildman–Crippen MR) is 160 cm³/mol. The molecule has 1 aliphatic rings. The first-order valence-corrected chi connectivity index (χ1v) is 14.4. The number of fused-ring (bicyclic) bond motifs is 4. The molecular formula is C32H34FN5O2S. The normalized spacial score (nSPS) is 15.7. The van der Waals surface area contributed by atoms with Gasteiger partial charge in [-0.1, -0.05) is 51.1 Å². The molecule has 212 valence electrons. The third-order valence-electron chi connectivity index (χ3n) is 6.86. The zero-order valence-electron chi connectivity index (χ0n) is 23.9. The Kier molecular flexibility index (Phi) is 8.26. The lowest BCUT2D eigenvalue weighted by molar-refractivity contribution is 0.0508. The molecule has 0 aliphatic carbocycles. The second-order valence-electron chi connectivity index (χ2n) is 11.5. The minimum Gasteiger partial charge on any atom is -0.475 e. The summed E-state index contributed by atoms with van der Waals surface area (Å²) in [6, 6.07) is 19.7. The Morgan fingerprint density at radius 3 is 2.46 bits per heavy atom. The van der Waals surface area contributed by atoms with E-state index in [4.69, 9.17) is 9.72 Å². The van der Waals surface area contributed by atoms with Crippen LogP contribution >= 0.6 is 11.9 Å². The number of nitrogens with one attached hydrogen (secondary N) is 1. The lowest BCUT2D eigenvalue weighted by atomic mass is 9.87. The van der Waals surface area contributed by atoms with Crippen molar-refractivity contribution in [1.82, 2.24) is 19.9 Å². The van der Waals surface area contributed by atoms with E-state index in [0.717, 1.165) is 27.3 Å². The molecule has 0 radical (unpaired) electrons. The first-order chi connectivity index (χ1) is 19.6. The maximum absolute atomic E-state index is 14.1. The summed E-state index contributed by atoms with van der Waals surface area (Å²) in [6.07, 6.45) is 0.641. The van der Waals surface area contributed by atoms with Crippen molar-refractivity contribution in [2.45, 2.75) is 58.5 Å². The van der Waals surface area contributed by atoms with Crippen LogP contribution in [0.3, 0.4) is 0 Å². The van der Waals surface area contributed by atoms with Crippen LogP contribution in [0.15, 0.2) is 71.6 Å². The van der Waals surface area contributed by atoms with Gasteiger partial charge in [-0.25, -0.2) is 9.97 Å². The molecule has 2 aromatic heterocycles. The number of rotatable bonds is 4. The SMILES string of the molecule is Cc1cccc(C)c1-c1cc2nc(n1)NSc1cccc(c1)C(=O)N(Cc1cccc(F)n1)[C@H](CC(C)(C)C)CO2. The largest absolute Gasteiger partial charge is 0.475 e. The maximum atomic E-state index is 14.1. The zero-order valence-corrected chi connectivity index (χ0v) is 24.8. The van der Waals surface area contributed by atoms with Crippen LogP contribution in [-0.4, -0.2) is 38.4 Å². The molecule has 3 heterocycles. The Morgan fingerprint density at radius 1 is 1.00 bits per heavy atom. The number of carbonyl (C=O) groups excluding carboxylic acids is 1. The summed E-state index contributed by atoms with van der Waals surface area (Å²) in [5.74, 6) is 0.0577. The highest BCUT2D eigenvalue weighted by Crippen LogP contribution is 2.32. The third-order valence-corrected chi connectivity index (χ3v) is 7.63. The van der Waals surface area contributed by atoms with Crippen LogP contribution in [0.2, 0.25) is 0 Å². The van der Waals surface area contributed by atoms with Crippen molar-refractivity contribution in [3.8, 4) is 17.1 Å². The first-order valence-electron chi connectivity index (χ1n) is 13.6. The number of amides is 1. The van der Waals surface area contributed by atoms with E-state index in [1.54, 1.807) is 23.1 Å². The number of benzene rings is 2. The van der Waals surface area contributed by atoms with Crippen LogP contribution in [0.25, 0.3) is 11.3 Å². The monoisotopic (exact) mass is 571 g/mol. The molecule has 1 atom stereocenters. The molecule has 0 fully saturated rings. The molecule has 4 bridgehead atoms. The number of pyridine rings is 1. The number of aryl methyl sites for hydroxylation is 2. The van der Waals surface area contributed by atoms with Crippen LogP contribution in [0.1, 0.15) is 54.4 Å². The van der Waals surface area contributed by atoms with Gasteiger partial charge >= 0.3 is 0 Å². The standard InChI is InChI=1S/C32H34FN5O2S/c1-20-9-6-10-21(2)29(20)26-16-28-36-31(35-26)37-41-25-13-7-11-22(15-25)30(39)38(18-23-12-8-14-27(33)34-23)24(19-40-28)17-32(3,4)5/h6-16,24H,17-19H2,1-5H3,(H,35,36,37)/t24-/m1/s1. The van der Waals surface area contributed by atoms with Crippen molar-refractivity contribution < 1.29 is 13.9 Å². The van der Waals surface area contributed by atoms with Gasteiger partial charge in [-0.3, -0.25) is 9.52 Å². The van der Waals surface area contributed by atoms with E-state index in [1.807, 2.05) is 30.3 Å². The molecular weight excluding hydrogens is 537 g/mol. The lowest BCUT2D eigenvalue weighted by Gasteiger charge is -2.35. The second-order valence-corrected chi connectivity index (χ2v) is 12.4. The summed E-state index contributed by atoms with van der Waals surface area (Å²) < 4.78 is 23.7. The summed E-state index contributed by atoms with van der Waals surface area (Å²) in [4.78, 5) is 30.2. The average Bonchev–Trinajstić information content (AvgIpc) is 2.92. The fraction of sp³-hybridized carbons (Fsp3) is 0.312. The van der Waals surface area contributed by atoms with Crippen molar-refractivity contribution >= 4 is 23.8 Å². The molecule has 0 unspecified atom stereocenters. The average molecular weight is 572 g/mol. The van der Waals surface area contributed by atoms with Gasteiger partial charge in [0.05, 0.1) is 24.0 Å². The molecule has 0 saturated heterocycles. The van der Waals surface area contributed by atoms with Crippen LogP contribution < -0.4 is 9.46 Å². The Labute approximate surface area is 244 Å². The molecule has 9 heteroatoms. The van der Waals surface area contributed by atoms with Crippen LogP contribution in [0, 0.1) is 25.2 Å². The van der Waals surface area contributed by atoms with E-state index in [0.29, 0.717) is 29.5 Å². The van der Waals surface area contributed by atoms with Crippen molar-refractivity contribution in [3.05, 3.63) is 95.1 Å². The lowest BCUT2D eigenvalue weighted by Crippen LogP contribution is -2.45. The maximum Gasteiger partial charge on any atom is 0.254 e. The van der Waals surface area contributed by atoms with E-state index in [2.05, 4.69) is 61.4 Å². The summed E-state index contributed by atoms with van der Waals surface area (Å²) >= 11 is 1.32. The number of hydrogen-bond acceptors (Lipinski definition) is 7. The van der Waals surface area contributed by atoms with Gasteiger partial charge < -0.3 is 9.64 Å². The van der Waals surface area contributed by atoms with Gasteiger partial charge in [0.2, 0.25) is 17.8 Å². The van der Waals surface area contributed by atoms with Gasteiger partial charge in [0.25, 0.3) is 5.91 Å². The van der Waals surface area contributed by atoms with Crippen LogP contribution in [0.5, 0.6) is 5.88 Å². The van der Waals surface area contributed by atoms with Gasteiger partial charge in [-0.2, -0.15) is 9.37 Å². The van der Waals surface area contributed by atoms with E-state index in [-0.39, 0.29) is 30.5 Å². The minimum atomic E-state index is -0.582. The Hall–Kier alpha value is -3.98. The van der Waals surface area contributed by atoms with E-state index >= 15 is 0 Å². The van der Waals surface area contributed by atoms with Gasteiger partial charge in [-0.15, -0.1) is 0 Å². The van der Waals surface area contributed by atoms with Crippen molar-refractivity contribution in [2.75, 3.05) is 11.3 Å². The van der Waals surface area contributed by atoms with Gasteiger partial charge in [-0.05, 0) is 79.1 Å². The highest BCUT2D eigenvalue weighted by atomic mass is 32.2. The highest BCUT2D eigenvalue weighted by Gasteiger charge is 2.31. The minimum absolute atomic E-state index is 0.130. The molecule has 1 amide bonds. The fourth-order valence-corrected chi connectivity index (χ4v) is 5.71. The molecule has 7 nitrogen and oxygen atoms in total. The number of aromatic nitrogens is 3. The Morgan fingerprint density at radius 2 is 1.73 bits per heavy atom.